The first kappa shape index (κ1) is 19.6. The number of benzene rings is 1. The van der Waals surface area contributed by atoms with Gasteiger partial charge in [-0.2, -0.15) is 0 Å². The molecule has 2 amide bonds. The van der Waals surface area contributed by atoms with Gasteiger partial charge in [0.15, 0.2) is 0 Å². The average molecular weight is 430 g/mol. The highest BCUT2D eigenvalue weighted by atomic mass is 32.1. The Hall–Kier alpha value is -3.33. The third kappa shape index (κ3) is 4.01. The van der Waals surface area contributed by atoms with Gasteiger partial charge in [0.25, 0.3) is 0 Å². The van der Waals surface area contributed by atoms with Crippen molar-refractivity contribution in [2.75, 3.05) is 25.0 Å². The predicted molar refractivity (Wildman–Crippen MR) is 130 cm³/mol. The van der Waals surface area contributed by atoms with Crippen molar-refractivity contribution in [3.8, 4) is 0 Å². The maximum absolute atomic E-state index is 12.2. The molecule has 0 bridgehead atoms. The molecule has 7 nitrogen and oxygen atoms in total. The zero-order valence-electron chi connectivity index (χ0n) is 17.3. The van der Waals surface area contributed by atoms with Crippen LogP contribution in [0, 0.1) is 0 Å². The fraction of sp³-hybridized carbons (Fsp3) is 0.227. The SMILES string of the molecule is BCCNC(=O)N1CC=C(c2cc3c(Nc4ccc5ncsc5c4)ccnc3[nH]2)CC1. The first-order valence-electron chi connectivity index (χ1n) is 10.5. The van der Waals surface area contributed by atoms with Crippen LogP contribution in [0.15, 0.2) is 48.1 Å². The molecule has 0 unspecified atom stereocenters. The zero-order chi connectivity index (χ0) is 21.2. The van der Waals surface area contributed by atoms with E-state index in [1.54, 1.807) is 11.3 Å². The van der Waals surface area contributed by atoms with Crippen molar-refractivity contribution in [3.63, 3.8) is 0 Å². The Morgan fingerprint density at radius 1 is 1.26 bits per heavy atom. The molecule has 0 saturated carbocycles. The summed E-state index contributed by atoms with van der Waals surface area (Å²) in [5.41, 5.74) is 8.04. The molecule has 0 radical (unpaired) electrons. The van der Waals surface area contributed by atoms with Crippen molar-refractivity contribution in [3.05, 3.63) is 53.8 Å². The summed E-state index contributed by atoms with van der Waals surface area (Å²) in [5.74, 6) is 0. The van der Waals surface area contributed by atoms with Crippen molar-refractivity contribution in [2.24, 2.45) is 0 Å². The van der Waals surface area contributed by atoms with E-state index in [4.69, 9.17) is 0 Å². The minimum atomic E-state index is 0.0138. The molecule has 4 heterocycles. The number of anilines is 2. The van der Waals surface area contributed by atoms with E-state index >= 15 is 0 Å². The highest BCUT2D eigenvalue weighted by Gasteiger charge is 2.19. The molecule has 5 rings (SSSR count). The molecule has 0 aliphatic carbocycles. The lowest BCUT2D eigenvalue weighted by atomic mass is 10.0. The van der Waals surface area contributed by atoms with E-state index < -0.39 is 0 Å². The van der Waals surface area contributed by atoms with E-state index in [-0.39, 0.29) is 6.03 Å². The molecular formula is C22H23BN6OS. The number of carbonyl (C=O) groups excluding carboxylic acids is 1. The quantitative estimate of drug-likeness (QED) is 0.421. The normalized spacial score (nSPS) is 14.1. The second kappa shape index (κ2) is 8.43. The maximum Gasteiger partial charge on any atom is 0.317 e. The van der Waals surface area contributed by atoms with Gasteiger partial charge in [-0.15, -0.1) is 11.3 Å². The molecule has 0 fully saturated rings. The zero-order valence-corrected chi connectivity index (χ0v) is 18.1. The molecule has 3 N–H and O–H groups in total. The molecule has 0 spiro atoms. The first-order valence-corrected chi connectivity index (χ1v) is 11.4. The number of amides is 2. The second-order valence-corrected chi connectivity index (χ2v) is 8.51. The van der Waals surface area contributed by atoms with Gasteiger partial charge in [0, 0.05) is 42.6 Å². The number of aromatic nitrogens is 3. The molecule has 0 atom stereocenters. The van der Waals surface area contributed by atoms with Gasteiger partial charge < -0.3 is 20.5 Å². The van der Waals surface area contributed by atoms with Gasteiger partial charge in [-0.3, -0.25) is 0 Å². The van der Waals surface area contributed by atoms with Gasteiger partial charge in [-0.25, -0.2) is 14.8 Å². The summed E-state index contributed by atoms with van der Waals surface area (Å²) < 4.78 is 1.16. The van der Waals surface area contributed by atoms with Crippen LogP contribution in [-0.2, 0) is 0 Å². The van der Waals surface area contributed by atoms with E-state index in [0.29, 0.717) is 19.6 Å². The van der Waals surface area contributed by atoms with Crippen LogP contribution in [0.25, 0.3) is 26.8 Å². The van der Waals surface area contributed by atoms with Gasteiger partial charge in [0.1, 0.15) is 13.5 Å². The third-order valence-corrected chi connectivity index (χ3v) is 6.30. The van der Waals surface area contributed by atoms with Crippen LogP contribution in [0.5, 0.6) is 0 Å². The minimum Gasteiger partial charge on any atom is -0.355 e. The molecule has 31 heavy (non-hydrogen) atoms. The number of pyridine rings is 1. The first-order chi connectivity index (χ1) is 15.2. The van der Waals surface area contributed by atoms with Crippen LogP contribution in [0.3, 0.4) is 0 Å². The minimum absolute atomic E-state index is 0.0138. The van der Waals surface area contributed by atoms with E-state index in [1.807, 2.05) is 34.8 Å². The standard InChI is InChI=1S/C22H23BN6OS/c23-6-8-25-22(30)29-9-4-14(5-10-29)19-12-16-17(3-7-24-21(16)28-19)27-15-1-2-18-20(11-15)31-13-26-18/h1-4,7,11-13H,5-6,8-10,23H2,(H,25,30)(H2,24,27,28). The Morgan fingerprint density at radius 2 is 2.19 bits per heavy atom. The Labute approximate surface area is 185 Å². The highest BCUT2D eigenvalue weighted by molar-refractivity contribution is 7.16. The third-order valence-electron chi connectivity index (χ3n) is 5.51. The summed E-state index contributed by atoms with van der Waals surface area (Å²) in [6.45, 7) is 2.04. The van der Waals surface area contributed by atoms with E-state index in [9.17, 15) is 4.79 Å². The van der Waals surface area contributed by atoms with Crippen molar-refractivity contribution in [2.45, 2.75) is 12.7 Å². The van der Waals surface area contributed by atoms with Gasteiger partial charge in [-0.05, 0) is 42.3 Å². The average Bonchev–Trinajstić information content (AvgIpc) is 3.45. The van der Waals surface area contributed by atoms with Crippen molar-refractivity contribution in [1.29, 1.82) is 0 Å². The summed E-state index contributed by atoms with van der Waals surface area (Å²) in [5, 5.41) is 7.52. The summed E-state index contributed by atoms with van der Waals surface area (Å²) in [6.07, 6.45) is 5.70. The number of carbonyl (C=O) groups is 1. The van der Waals surface area contributed by atoms with Crippen LogP contribution in [0.2, 0.25) is 6.32 Å². The van der Waals surface area contributed by atoms with E-state index in [0.717, 1.165) is 51.1 Å². The second-order valence-electron chi connectivity index (χ2n) is 7.62. The lowest BCUT2D eigenvalue weighted by Gasteiger charge is -2.26. The smallest absolute Gasteiger partial charge is 0.317 e. The van der Waals surface area contributed by atoms with Crippen molar-refractivity contribution < 1.29 is 4.79 Å². The van der Waals surface area contributed by atoms with Crippen LogP contribution in [0.4, 0.5) is 16.2 Å². The summed E-state index contributed by atoms with van der Waals surface area (Å²) in [4.78, 5) is 26.3. The fourth-order valence-corrected chi connectivity index (χ4v) is 4.56. The van der Waals surface area contributed by atoms with Crippen LogP contribution < -0.4 is 10.6 Å². The number of urea groups is 1. The number of hydrogen-bond donors (Lipinski definition) is 3. The van der Waals surface area contributed by atoms with E-state index in [2.05, 4.69) is 51.6 Å². The van der Waals surface area contributed by atoms with Gasteiger partial charge >= 0.3 is 6.03 Å². The van der Waals surface area contributed by atoms with Crippen molar-refractivity contribution >= 4 is 63.4 Å². The molecule has 156 valence electrons. The number of nitrogens with one attached hydrogen (secondary N) is 3. The van der Waals surface area contributed by atoms with Gasteiger partial charge in [-0.1, -0.05) is 12.4 Å². The van der Waals surface area contributed by atoms with Crippen LogP contribution in [-0.4, -0.2) is 53.4 Å². The summed E-state index contributed by atoms with van der Waals surface area (Å²) in [7, 11) is 2.05. The highest BCUT2D eigenvalue weighted by Crippen LogP contribution is 2.31. The molecule has 1 aliphatic heterocycles. The molecule has 1 aromatic carbocycles. The fourth-order valence-electron chi connectivity index (χ4n) is 3.84. The van der Waals surface area contributed by atoms with Crippen LogP contribution >= 0.6 is 11.3 Å². The predicted octanol–water partition coefficient (Wildman–Crippen LogP) is 3.77. The molecule has 4 aromatic rings. The van der Waals surface area contributed by atoms with Crippen molar-refractivity contribution in [1.82, 2.24) is 25.2 Å². The van der Waals surface area contributed by atoms with Gasteiger partial charge in [0.2, 0.25) is 0 Å². The molecule has 0 saturated heterocycles. The Morgan fingerprint density at radius 3 is 3.03 bits per heavy atom. The Balaban J connectivity index is 1.37. The summed E-state index contributed by atoms with van der Waals surface area (Å²) >= 11 is 1.64. The molecule has 3 aromatic heterocycles. The largest absolute Gasteiger partial charge is 0.355 e. The number of rotatable bonds is 5. The lowest BCUT2D eigenvalue weighted by Crippen LogP contribution is -2.42. The van der Waals surface area contributed by atoms with E-state index in [1.165, 1.54) is 5.57 Å². The van der Waals surface area contributed by atoms with Crippen LogP contribution in [0.1, 0.15) is 12.1 Å². The number of H-pyrrole nitrogens is 1. The molecular weight excluding hydrogens is 407 g/mol. The maximum atomic E-state index is 12.2. The monoisotopic (exact) mass is 430 g/mol. The Bertz CT molecular complexity index is 1280. The number of aromatic amines is 1. The number of nitrogens with zero attached hydrogens (tertiary/aromatic N) is 3. The molecule has 9 heteroatoms. The van der Waals surface area contributed by atoms with Gasteiger partial charge in [0.05, 0.1) is 21.4 Å². The Kier molecular flexibility index (Phi) is 5.34. The number of hydrogen-bond acceptors (Lipinski definition) is 5. The number of thiazole rings is 1. The summed E-state index contributed by atoms with van der Waals surface area (Å²) in [6, 6.07) is 10.4. The lowest BCUT2D eigenvalue weighted by molar-refractivity contribution is 0.203. The molecule has 1 aliphatic rings. The topological polar surface area (TPSA) is 85.9 Å². The number of fused-ring (bicyclic) bond motifs is 2.